The largest absolute Gasteiger partial charge is 0.403 e. The summed E-state index contributed by atoms with van der Waals surface area (Å²) < 4.78 is 26.9. The zero-order valence-corrected chi connectivity index (χ0v) is 27.2. The number of fused-ring (bicyclic) bond motifs is 2. The van der Waals surface area contributed by atoms with E-state index in [9.17, 15) is 5.11 Å². The molecule has 1 saturated heterocycles. The SMILES string of the molecule is CCCCO[C@]12CC[C@@H](O)[C@H](C#C[C@@H](O[Si](C)(C)C(C)(C)C)C3CCCCC3)[C@H]1C(CCCC)C21OCCO1. The first-order valence-electron chi connectivity index (χ1n) is 16.3. The first kappa shape index (κ1) is 31.5. The smallest absolute Gasteiger partial charge is 0.201 e. The van der Waals surface area contributed by atoms with Crippen LogP contribution in [0.1, 0.15) is 112 Å². The van der Waals surface area contributed by atoms with Crippen LogP contribution in [0, 0.1) is 35.5 Å². The van der Waals surface area contributed by atoms with Crippen molar-refractivity contribution in [1.29, 1.82) is 0 Å². The molecule has 0 bridgehead atoms. The minimum Gasteiger partial charge on any atom is -0.403 e. The second-order valence-electron chi connectivity index (χ2n) is 14.3. The lowest BCUT2D eigenvalue weighted by Gasteiger charge is -2.69. The molecule has 4 fully saturated rings. The van der Waals surface area contributed by atoms with Crippen molar-refractivity contribution in [3.8, 4) is 11.8 Å². The van der Waals surface area contributed by atoms with Crippen LogP contribution >= 0.6 is 0 Å². The van der Waals surface area contributed by atoms with Gasteiger partial charge in [0.25, 0.3) is 0 Å². The highest BCUT2D eigenvalue weighted by Crippen LogP contribution is 2.67. The van der Waals surface area contributed by atoms with Crippen molar-refractivity contribution in [2.45, 2.75) is 153 Å². The topological polar surface area (TPSA) is 57.2 Å². The van der Waals surface area contributed by atoms with Crippen LogP contribution in [0.3, 0.4) is 0 Å². The molecule has 1 spiro atoms. The summed E-state index contributed by atoms with van der Waals surface area (Å²) in [4.78, 5) is 0. The maximum absolute atomic E-state index is 11.5. The molecule has 0 amide bonds. The molecule has 6 atom stereocenters. The van der Waals surface area contributed by atoms with Gasteiger partial charge in [-0.3, -0.25) is 0 Å². The maximum Gasteiger partial charge on any atom is 0.201 e. The number of aliphatic hydroxyl groups excluding tert-OH is 1. The van der Waals surface area contributed by atoms with Crippen molar-refractivity contribution >= 4 is 8.32 Å². The third-order valence-electron chi connectivity index (χ3n) is 10.8. The Hall–Kier alpha value is -0.423. The third kappa shape index (κ3) is 6.06. The first-order chi connectivity index (χ1) is 18.5. The molecular formula is C33H58O5Si. The van der Waals surface area contributed by atoms with E-state index in [1.807, 2.05) is 0 Å². The Labute approximate surface area is 240 Å². The van der Waals surface area contributed by atoms with Crippen LogP contribution in [0.4, 0.5) is 0 Å². The number of ether oxygens (including phenoxy) is 3. The molecule has 1 N–H and O–H groups in total. The lowest BCUT2D eigenvalue weighted by molar-refractivity contribution is -0.422. The molecule has 6 heteroatoms. The minimum absolute atomic E-state index is 0.0576. The molecule has 4 rings (SSSR count). The van der Waals surface area contributed by atoms with Crippen LogP contribution in [-0.2, 0) is 18.6 Å². The van der Waals surface area contributed by atoms with Gasteiger partial charge in [-0.05, 0) is 62.6 Å². The molecule has 0 radical (unpaired) electrons. The summed E-state index contributed by atoms with van der Waals surface area (Å²) in [6.45, 7) is 18.0. The van der Waals surface area contributed by atoms with Gasteiger partial charge >= 0.3 is 0 Å². The van der Waals surface area contributed by atoms with Gasteiger partial charge in [-0.15, -0.1) is 0 Å². The predicted molar refractivity (Wildman–Crippen MR) is 160 cm³/mol. The van der Waals surface area contributed by atoms with E-state index in [2.05, 4.69) is 59.6 Å². The van der Waals surface area contributed by atoms with Gasteiger partial charge in [0.05, 0.1) is 25.2 Å². The molecule has 1 heterocycles. The summed E-state index contributed by atoms with van der Waals surface area (Å²) in [7, 11) is -2.00. The first-order valence-corrected chi connectivity index (χ1v) is 19.2. The Balaban J connectivity index is 1.68. The average Bonchev–Trinajstić information content (AvgIpc) is 3.42. The van der Waals surface area contributed by atoms with E-state index in [4.69, 9.17) is 18.6 Å². The van der Waals surface area contributed by atoms with E-state index < -0.39 is 25.8 Å². The fourth-order valence-electron chi connectivity index (χ4n) is 7.56. The maximum atomic E-state index is 11.5. The zero-order valence-electron chi connectivity index (χ0n) is 26.2. The van der Waals surface area contributed by atoms with Gasteiger partial charge in [-0.2, -0.15) is 0 Å². The molecule has 1 unspecified atom stereocenters. The molecule has 1 aliphatic heterocycles. The third-order valence-corrected chi connectivity index (χ3v) is 15.3. The van der Waals surface area contributed by atoms with Crippen molar-refractivity contribution in [3.05, 3.63) is 0 Å². The summed E-state index contributed by atoms with van der Waals surface area (Å²) in [6.07, 6.45) is 12.6. The Morgan fingerprint density at radius 2 is 1.67 bits per heavy atom. The molecule has 0 aromatic carbocycles. The molecule has 39 heavy (non-hydrogen) atoms. The van der Waals surface area contributed by atoms with E-state index in [0.29, 0.717) is 32.2 Å². The van der Waals surface area contributed by atoms with Gasteiger partial charge in [0.2, 0.25) is 5.79 Å². The van der Waals surface area contributed by atoms with Gasteiger partial charge in [0, 0.05) is 18.4 Å². The Morgan fingerprint density at radius 3 is 2.28 bits per heavy atom. The number of hydrogen-bond acceptors (Lipinski definition) is 5. The van der Waals surface area contributed by atoms with Gasteiger partial charge in [-0.25, -0.2) is 0 Å². The van der Waals surface area contributed by atoms with Crippen molar-refractivity contribution in [3.63, 3.8) is 0 Å². The van der Waals surface area contributed by atoms with Gasteiger partial charge in [0.15, 0.2) is 8.32 Å². The van der Waals surface area contributed by atoms with Crippen molar-refractivity contribution in [2.75, 3.05) is 19.8 Å². The summed E-state index contributed by atoms with van der Waals surface area (Å²) in [5.41, 5.74) is -0.518. The van der Waals surface area contributed by atoms with Crippen molar-refractivity contribution in [1.82, 2.24) is 0 Å². The molecular weight excluding hydrogens is 504 g/mol. The molecule has 224 valence electrons. The summed E-state index contributed by atoms with van der Waals surface area (Å²) >= 11 is 0. The lowest BCUT2D eigenvalue weighted by atomic mass is 9.46. The van der Waals surface area contributed by atoms with E-state index >= 15 is 0 Å². The number of unbranched alkanes of at least 4 members (excludes halogenated alkanes) is 2. The van der Waals surface area contributed by atoms with Gasteiger partial charge in [-0.1, -0.05) is 85.0 Å². The second-order valence-corrected chi connectivity index (χ2v) is 19.1. The Morgan fingerprint density at radius 1 is 1.00 bits per heavy atom. The van der Waals surface area contributed by atoms with Crippen LogP contribution in [-0.4, -0.2) is 56.8 Å². The molecule has 0 aromatic rings. The lowest BCUT2D eigenvalue weighted by Crippen LogP contribution is -2.80. The summed E-state index contributed by atoms with van der Waals surface area (Å²) in [5, 5.41) is 11.6. The van der Waals surface area contributed by atoms with E-state index in [1.165, 1.54) is 32.1 Å². The molecule has 4 aliphatic rings. The Bertz CT molecular complexity index is 844. The highest BCUT2D eigenvalue weighted by Gasteiger charge is 2.78. The summed E-state index contributed by atoms with van der Waals surface area (Å²) in [5.74, 6) is 7.40. The Kier molecular flexibility index (Phi) is 10.4. The quantitative estimate of drug-likeness (QED) is 0.170. The van der Waals surface area contributed by atoms with E-state index in [-0.39, 0.29) is 28.9 Å². The number of hydrogen-bond donors (Lipinski definition) is 1. The van der Waals surface area contributed by atoms with Gasteiger partial charge in [0.1, 0.15) is 11.7 Å². The second kappa shape index (κ2) is 12.8. The minimum atomic E-state index is -2.00. The van der Waals surface area contributed by atoms with E-state index in [1.54, 1.807) is 0 Å². The normalized spacial score (nSPS) is 33.7. The van der Waals surface area contributed by atoms with Gasteiger partial charge < -0.3 is 23.7 Å². The van der Waals surface area contributed by atoms with Crippen molar-refractivity contribution < 1.29 is 23.7 Å². The molecule has 0 aromatic heterocycles. The average molecular weight is 563 g/mol. The number of aliphatic hydroxyl groups is 1. The predicted octanol–water partition coefficient (Wildman–Crippen LogP) is 7.47. The highest BCUT2D eigenvalue weighted by atomic mass is 28.4. The zero-order chi connectivity index (χ0) is 28.3. The van der Waals surface area contributed by atoms with Crippen LogP contribution < -0.4 is 0 Å². The highest BCUT2D eigenvalue weighted by molar-refractivity contribution is 6.74. The van der Waals surface area contributed by atoms with Crippen LogP contribution in [0.2, 0.25) is 18.1 Å². The molecule has 5 nitrogen and oxygen atoms in total. The van der Waals surface area contributed by atoms with Crippen LogP contribution in [0.15, 0.2) is 0 Å². The van der Waals surface area contributed by atoms with E-state index in [0.717, 1.165) is 38.5 Å². The molecule has 3 saturated carbocycles. The fraction of sp³-hybridized carbons (Fsp3) is 0.939. The standard InChI is InChI=1S/C33H58O5Si/c1-8-10-17-27-30-26(18-19-29(25-15-13-12-14-16-25)38-39(6,7)31(3,4)5)28(34)20-21-32(30,35-22-11-9-2)33(27)36-23-24-37-33/h25-30,34H,8-17,20-24H2,1-7H3/t26-,27?,28+,29+,30-,32+/m0/s1. The fourth-order valence-corrected chi connectivity index (χ4v) is 8.80. The van der Waals surface area contributed by atoms with Crippen LogP contribution in [0.5, 0.6) is 0 Å². The van der Waals surface area contributed by atoms with Crippen LogP contribution in [0.25, 0.3) is 0 Å². The summed E-state index contributed by atoms with van der Waals surface area (Å²) in [6, 6.07) is 0. The number of rotatable bonds is 10. The molecule has 3 aliphatic carbocycles. The monoisotopic (exact) mass is 562 g/mol. The van der Waals surface area contributed by atoms with Crippen molar-refractivity contribution in [2.24, 2.45) is 23.7 Å².